The predicted octanol–water partition coefficient (Wildman–Crippen LogP) is 2.18. The van der Waals surface area contributed by atoms with Crippen LogP contribution in [0.25, 0.3) is 0 Å². The summed E-state index contributed by atoms with van der Waals surface area (Å²) in [6.07, 6.45) is 1.70. The smallest absolute Gasteiger partial charge is 0.343 e. The van der Waals surface area contributed by atoms with E-state index in [0.717, 1.165) is 0 Å². The van der Waals surface area contributed by atoms with Crippen molar-refractivity contribution in [1.29, 1.82) is 5.26 Å². The highest BCUT2D eigenvalue weighted by Crippen LogP contribution is 2.30. The van der Waals surface area contributed by atoms with E-state index in [1.54, 1.807) is 6.92 Å². The standard InChI is InChI=1S/C20H25N3O6/c1-3-28-20(27)16-11-15(12-21)17(22-18(16)29-10-4-5-13(2)24)23-8-6-14(7-9-23)19(25)26/h11,14H,3-10H2,1-2H3,(H,25,26). The van der Waals surface area contributed by atoms with Crippen molar-refractivity contribution in [3.8, 4) is 11.9 Å². The van der Waals surface area contributed by atoms with Gasteiger partial charge in [0.2, 0.25) is 5.88 Å². The Kier molecular flexibility index (Phi) is 7.95. The second kappa shape index (κ2) is 10.4. The summed E-state index contributed by atoms with van der Waals surface area (Å²) in [7, 11) is 0. The van der Waals surface area contributed by atoms with Gasteiger partial charge in [-0.05, 0) is 39.2 Å². The molecule has 0 atom stereocenters. The molecule has 2 heterocycles. The van der Waals surface area contributed by atoms with Gasteiger partial charge in [0.25, 0.3) is 0 Å². The first-order chi connectivity index (χ1) is 13.9. The zero-order chi connectivity index (χ0) is 21.4. The van der Waals surface area contributed by atoms with Crippen molar-refractivity contribution in [1.82, 2.24) is 4.98 Å². The Labute approximate surface area is 169 Å². The molecule has 9 nitrogen and oxygen atoms in total. The summed E-state index contributed by atoms with van der Waals surface area (Å²) in [5.41, 5.74) is 0.244. The summed E-state index contributed by atoms with van der Waals surface area (Å²) in [5, 5.41) is 18.7. The van der Waals surface area contributed by atoms with E-state index >= 15 is 0 Å². The molecule has 2 rings (SSSR count). The van der Waals surface area contributed by atoms with Gasteiger partial charge >= 0.3 is 11.9 Å². The highest BCUT2D eigenvalue weighted by molar-refractivity contribution is 5.93. The molecule has 1 aliphatic rings. The van der Waals surface area contributed by atoms with Crippen LogP contribution in [0.1, 0.15) is 55.5 Å². The number of esters is 1. The molecule has 1 aliphatic heterocycles. The van der Waals surface area contributed by atoms with Gasteiger partial charge in [0.15, 0.2) is 5.82 Å². The highest BCUT2D eigenvalue weighted by atomic mass is 16.5. The first-order valence-corrected chi connectivity index (χ1v) is 9.59. The van der Waals surface area contributed by atoms with Crippen LogP contribution < -0.4 is 9.64 Å². The molecule has 0 aromatic carbocycles. The van der Waals surface area contributed by atoms with Crippen LogP contribution in [0.5, 0.6) is 5.88 Å². The molecule has 0 saturated carbocycles. The van der Waals surface area contributed by atoms with Crippen LogP contribution >= 0.6 is 0 Å². The van der Waals surface area contributed by atoms with Gasteiger partial charge < -0.3 is 24.3 Å². The van der Waals surface area contributed by atoms with Crippen molar-refractivity contribution in [2.45, 2.75) is 39.5 Å². The third-order valence-corrected chi connectivity index (χ3v) is 4.64. The maximum atomic E-state index is 12.3. The van der Waals surface area contributed by atoms with E-state index in [9.17, 15) is 19.6 Å². The lowest BCUT2D eigenvalue weighted by atomic mass is 9.97. The van der Waals surface area contributed by atoms with E-state index in [2.05, 4.69) is 4.98 Å². The summed E-state index contributed by atoms with van der Waals surface area (Å²) in [6.45, 7) is 4.37. The zero-order valence-corrected chi connectivity index (χ0v) is 16.6. The minimum Gasteiger partial charge on any atom is -0.481 e. The van der Waals surface area contributed by atoms with Crippen molar-refractivity contribution in [3.05, 3.63) is 17.2 Å². The number of carboxylic acids is 1. The molecule has 0 amide bonds. The van der Waals surface area contributed by atoms with Gasteiger partial charge in [-0.15, -0.1) is 0 Å². The Morgan fingerprint density at radius 2 is 2.03 bits per heavy atom. The van der Waals surface area contributed by atoms with Crippen molar-refractivity contribution in [3.63, 3.8) is 0 Å². The average Bonchev–Trinajstić information content (AvgIpc) is 2.70. The normalized spacial score (nSPS) is 14.2. The lowest BCUT2D eigenvalue weighted by Gasteiger charge is -2.31. The van der Waals surface area contributed by atoms with Crippen LogP contribution in [0.4, 0.5) is 5.82 Å². The molecule has 0 bridgehead atoms. The molecule has 0 spiro atoms. The number of hydrogen-bond donors (Lipinski definition) is 1. The largest absolute Gasteiger partial charge is 0.481 e. The number of aromatic nitrogens is 1. The van der Waals surface area contributed by atoms with Crippen molar-refractivity contribution in [2.75, 3.05) is 31.2 Å². The number of carbonyl (C=O) groups is 3. The van der Waals surface area contributed by atoms with Crippen molar-refractivity contribution in [2.24, 2.45) is 5.92 Å². The van der Waals surface area contributed by atoms with Gasteiger partial charge in [0, 0.05) is 19.5 Å². The number of ether oxygens (including phenoxy) is 2. The number of nitriles is 1. The van der Waals surface area contributed by atoms with Gasteiger partial charge in [-0.3, -0.25) is 4.79 Å². The van der Waals surface area contributed by atoms with Crippen LogP contribution in [0, 0.1) is 17.2 Å². The predicted molar refractivity (Wildman–Crippen MR) is 103 cm³/mol. The molecular formula is C20H25N3O6. The topological polar surface area (TPSA) is 130 Å². The van der Waals surface area contributed by atoms with E-state index in [-0.39, 0.29) is 36.0 Å². The van der Waals surface area contributed by atoms with Crippen LogP contribution in [-0.4, -0.2) is 54.1 Å². The van der Waals surface area contributed by atoms with E-state index < -0.39 is 17.9 Å². The van der Waals surface area contributed by atoms with E-state index in [1.165, 1.54) is 13.0 Å². The van der Waals surface area contributed by atoms with Crippen molar-refractivity contribution >= 4 is 23.5 Å². The minimum absolute atomic E-state index is 0.0361. The first kappa shape index (κ1) is 22.1. The number of anilines is 1. The fourth-order valence-corrected chi connectivity index (χ4v) is 3.10. The quantitative estimate of drug-likeness (QED) is 0.487. The molecule has 0 unspecified atom stereocenters. The number of aliphatic carboxylic acids is 1. The van der Waals surface area contributed by atoms with Gasteiger partial charge in [-0.2, -0.15) is 10.2 Å². The molecule has 0 radical (unpaired) electrons. The molecule has 1 saturated heterocycles. The van der Waals surface area contributed by atoms with Gasteiger partial charge in [0.1, 0.15) is 17.4 Å². The summed E-state index contributed by atoms with van der Waals surface area (Å²) in [4.78, 5) is 40.8. The maximum absolute atomic E-state index is 12.3. The fourth-order valence-electron chi connectivity index (χ4n) is 3.10. The van der Waals surface area contributed by atoms with Gasteiger partial charge in [-0.25, -0.2) is 4.79 Å². The molecule has 9 heteroatoms. The SMILES string of the molecule is CCOC(=O)c1cc(C#N)c(N2CCC(C(=O)O)CC2)nc1OCCCC(C)=O. The third kappa shape index (κ3) is 5.91. The van der Waals surface area contributed by atoms with Crippen LogP contribution in [0.2, 0.25) is 0 Å². The summed E-state index contributed by atoms with van der Waals surface area (Å²) < 4.78 is 10.7. The second-order valence-corrected chi connectivity index (χ2v) is 6.80. The molecule has 1 fully saturated rings. The van der Waals surface area contributed by atoms with E-state index in [4.69, 9.17) is 14.6 Å². The maximum Gasteiger partial charge on any atom is 0.343 e. The number of nitrogens with zero attached hydrogens (tertiary/aromatic N) is 3. The number of Topliss-reactive ketones (excluding diaryl/α,β-unsaturated/α-hetero) is 1. The summed E-state index contributed by atoms with van der Waals surface area (Å²) in [5.74, 6) is -1.46. The van der Waals surface area contributed by atoms with E-state index in [0.29, 0.717) is 44.6 Å². The Bertz CT molecular complexity index is 809. The Morgan fingerprint density at radius 1 is 1.34 bits per heavy atom. The molecule has 1 aromatic heterocycles. The number of pyridine rings is 1. The fraction of sp³-hybridized carbons (Fsp3) is 0.550. The second-order valence-electron chi connectivity index (χ2n) is 6.80. The van der Waals surface area contributed by atoms with Crippen LogP contribution in [0.3, 0.4) is 0 Å². The Morgan fingerprint density at radius 3 is 2.59 bits per heavy atom. The molecule has 0 aliphatic carbocycles. The number of carboxylic acid groups (broad SMARTS) is 1. The molecule has 156 valence electrons. The van der Waals surface area contributed by atoms with Gasteiger partial charge in [0.05, 0.1) is 24.7 Å². The monoisotopic (exact) mass is 403 g/mol. The molecule has 1 N–H and O–H groups in total. The number of ketones is 1. The first-order valence-electron chi connectivity index (χ1n) is 9.59. The summed E-state index contributed by atoms with van der Waals surface area (Å²) >= 11 is 0. The minimum atomic E-state index is -0.828. The lowest BCUT2D eigenvalue weighted by Crippen LogP contribution is -2.37. The van der Waals surface area contributed by atoms with Crippen LogP contribution in [0.15, 0.2) is 6.07 Å². The highest BCUT2D eigenvalue weighted by Gasteiger charge is 2.28. The Hall–Kier alpha value is -3.15. The molecule has 29 heavy (non-hydrogen) atoms. The molecular weight excluding hydrogens is 378 g/mol. The van der Waals surface area contributed by atoms with E-state index in [1.807, 2.05) is 11.0 Å². The number of rotatable bonds is 9. The lowest BCUT2D eigenvalue weighted by molar-refractivity contribution is -0.142. The van der Waals surface area contributed by atoms with Crippen LogP contribution in [-0.2, 0) is 14.3 Å². The molecule has 1 aromatic rings. The third-order valence-electron chi connectivity index (χ3n) is 4.64. The number of carbonyl (C=O) groups excluding carboxylic acids is 2. The number of piperidine rings is 1. The van der Waals surface area contributed by atoms with Crippen molar-refractivity contribution < 1.29 is 29.0 Å². The van der Waals surface area contributed by atoms with Gasteiger partial charge in [-0.1, -0.05) is 0 Å². The zero-order valence-electron chi connectivity index (χ0n) is 16.6. The average molecular weight is 403 g/mol. The Balaban J connectivity index is 2.29. The summed E-state index contributed by atoms with van der Waals surface area (Å²) in [6, 6.07) is 3.44. The number of hydrogen-bond acceptors (Lipinski definition) is 8.